The molecule has 25 heavy (non-hydrogen) atoms. The van der Waals surface area contributed by atoms with Gasteiger partial charge in [0, 0.05) is 12.3 Å². The second-order valence-electron chi connectivity index (χ2n) is 5.01. The van der Waals surface area contributed by atoms with E-state index in [4.69, 9.17) is 0 Å². The first kappa shape index (κ1) is 18.2. The Labute approximate surface area is 139 Å². The fraction of sp³-hybridized carbons (Fsp3) is 0.200. The number of nitro groups is 1. The lowest BCUT2D eigenvalue weighted by Crippen LogP contribution is -2.20. The number of amides is 1. The molecule has 0 unspecified atom stereocenters. The third-order valence-electron chi connectivity index (χ3n) is 2.96. The number of aromatic nitrogens is 1. The van der Waals surface area contributed by atoms with Crippen molar-refractivity contribution in [3.63, 3.8) is 0 Å². The molecule has 0 aliphatic carbocycles. The summed E-state index contributed by atoms with van der Waals surface area (Å²) in [6.07, 6.45) is -3.09. The number of hydrogen-bond acceptors (Lipinski definition) is 5. The number of halogens is 3. The summed E-state index contributed by atoms with van der Waals surface area (Å²) in [6, 6.07) is 5.93. The number of benzene rings is 1. The lowest BCUT2D eigenvalue weighted by molar-refractivity contribution is -0.385. The molecule has 0 saturated carbocycles. The Morgan fingerprint density at radius 2 is 2.04 bits per heavy atom. The SMILES string of the molecule is Cc1ccc(NC(=O)c2cc(OCC(F)(F)F)ccc2[N+](=O)[O-])nc1. The third-order valence-corrected chi connectivity index (χ3v) is 2.96. The molecule has 0 aliphatic rings. The van der Waals surface area contributed by atoms with Crippen LogP contribution in [0.3, 0.4) is 0 Å². The van der Waals surface area contributed by atoms with Crippen molar-refractivity contribution in [3.8, 4) is 5.75 Å². The van der Waals surface area contributed by atoms with Crippen molar-refractivity contribution < 1.29 is 27.6 Å². The van der Waals surface area contributed by atoms with Crippen molar-refractivity contribution in [2.75, 3.05) is 11.9 Å². The van der Waals surface area contributed by atoms with Gasteiger partial charge in [-0.25, -0.2) is 4.98 Å². The minimum absolute atomic E-state index is 0.145. The Kier molecular flexibility index (Phi) is 5.20. The van der Waals surface area contributed by atoms with Gasteiger partial charge in [0.25, 0.3) is 11.6 Å². The monoisotopic (exact) mass is 355 g/mol. The maximum Gasteiger partial charge on any atom is 0.422 e. The van der Waals surface area contributed by atoms with Crippen LogP contribution in [0.2, 0.25) is 0 Å². The molecule has 1 N–H and O–H groups in total. The Morgan fingerprint density at radius 1 is 1.32 bits per heavy atom. The van der Waals surface area contributed by atoms with Gasteiger partial charge in [0.1, 0.15) is 17.1 Å². The fourth-order valence-electron chi connectivity index (χ4n) is 1.84. The molecule has 132 valence electrons. The van der Waals surface area contributed by atoms with E-state index < -0.39 is 34.9 Å². The molecule has 1 amide bonds. The maximum atomic E-state index is 12.2. The molecule has 2 rings (SSSR count). The normalized spacial score (nSPS) is 11.0. The van der Waals surface area contributed by atoms with Crippen molar-refractivity contribution in [2.24, 2.45) is 0 Å². The number of nitro benzene ring substituents is 1. The molecule has 0 bridgehead atoms. The molecule has 1 aromatic heterocycles. The molecule has 2 aromatic rings. The molecule has 10 heteroatoms. The second-order valence-corrected chi connectivity index (χ2v) is 5.01. The van der Waals surface area contributed by atoms with E-state index in [2.05, 4.69) is 15.0 Å². The zero-order chi connectivity index (χ0) is 18.6. The maximum absolute atomic E-state index is 12.2. The van der Waals surface area contributed by atoms with Crippen molar-refractivity contribution in [3.05, 3.63) is 57.8 Å². The molecule has 0 spiro atoms. The zero-order valence-corrected chi connectivity index (χ0v) is 12.8. The number of rotatable bonds is 5. The molecule has 1 aromatic carbocycles. The fourth-order valence-corrected chi connectivity index (χ4v) is 1.84. The highest BCUT2D eigenvalue weighted by Crippen LogP contribution is 2.26. The van der Waals surface area contributed by atoms with Crippen molar-refractivity contribution >= 4 is 17.4 Å². The van der Waals surface area contributed by atoms with Crippen LogP contribution in [0.15, 0.2) is 36.5 Å². The van der Waals surface area contributed by atoms with Crippen LogP contribution in [-0.4, -0.2) is 28.6 Å². The van der Waals surface area contributed by atoms with Crippen LogP contribution in [0.25, 0.3) is 0 Å². The number of anilines is 1. The van der Waals surface area contributed by atoms with Gasteiger partial charge in [-0.15, -0.1) is 0 Å². The van der Waals surface area contributed by atoms with Gasteiger partial charge in [-0.3, -0.25) is 14.9 Å². The predicted molar refractivity (Wildman–Crippen MR) is 81.6 cm³/mol. The van der Waals surface area contributed by atoms with E-state index >= 15 is 0 Å². The summed E-state index contributed by atoms with van der Waals surface area (Å²) in [4.78, 5) is 26.4. The quantitative estimate of drug-likeness (QED) is 0.654. The third kappa shape index (κ3) is 5.16. The van der Waals surface area contributed by atoms with Gasteiger partial charge < -0.3 is 10.1 Å². The summed E-state index contributed by atoms with van der Waals surface area (Å²) < 4.78 is 41.1. The molecular formula is C15H12F3N3O4. The number of alkyl halides is 3. The zero-order valence-electron chi connectivity index (χ0n) is 12.8. The lowest BCUT2D eigenvalue weighted by atomic mass is 10.1. The van der Waals surface area contributed by atoms with Crippen molar-refractivity contribution in [1.29, 1.82) is 0 Å². The Balaban J connectivity index is 2.27. The summed E-state index contributed by atoms with van der Waals surface area (Å²) in [6.45, 7) is 0.205. The summed E-state index contributed by atoms with van der Waals surface area (Å²) >= 11 is 0. The van der Waals surface area contributed by atoms with Crippen molar-refractivity contribution in [1.82, 2.24) is 4.98 Å². The standard InChI is InChI=1S/C15H12F3N3O4/c1-9-2-5-13(19-7-9)20-14(22)11-6-10(25-8-15(16,17)18)3-4-12(11)21(23)24/h2-7H,8H2,1H3,(H,19,20,22). The minimum Gasteiger partial charge on any atom is -0.484 e. The number of aryl methyl sites for hydroxylation is 1. The van der Waals surface area contributed by atoms with E-state index in [9.17, 15) is 28.1 Å². The topological polar surface area (TPSA) is 94.4 Å². The van der Waals surface area contributed by atoms with E-state index in [1.165, 1.54) is 12.3 Å². The van der Waals surface area contributed by atoms with E-state index in [1.54, 1.807) is 13.0 Å². The second kappa shape index (κ2) is 7.16. The molecule has 0 radical (unpaired) electrons. The van der Waals surface area contributed by atoms with Gasteiger partial charge in [0.15, 0.2) is 6.61 Å². The first-order valence-corrected chi connectivity index (χ1v) is 6.88. The van der Waals surface area contributed by atoms with Crippen LogP contribution < -0.4 is 10.1 Å². The minimum atomic E-state index is -4.57. The van der Waals surface area contributed by atoms with E-state index in [-0.39, 0.29) is 11.6 Å². The first-order valence-electron chi connectivity index (χ1n) is 6.88. The van der Waals surface area contributed by atoms with Gasteiger partial charge in [-0.2, -0.15) is 13.2 Å². The summed E-state index contributed by atoms with van der Waals surface area (Å²) in [5.74, 6) is -1.06. The van der Waals surface area contributed by atoms with Gasteiger partial charge >= 0.3 is 6.18 Å². The molecule has 0 saturated heterocycles. The number of hydrogen-bond donors (Lipinski definition) is 1. The van der Waals surface area contributed by atoms with Crippen LogP contribution in [0.1, 0.15) is 15.9 Å². The Bertz CT molecular complexity index is 792. The number of carbonyl (C=O) groups excluding carboxylic acids is 1. The molecule has 0 atom stereocenters. The molecule has 7 nitrogen and oxygen atoms in total. The van der Waals surface area contributed by atoms with Gasteiger partial charge in [-0.1, -0.05) is 6.07 Å². The summed E-state index contributed by atoms with van der Waals surface area (Å²) in [5, 5.41) is 13.4. The molecule has 0 aliphatic heterocycles. The first-order chi connectivity index (χ1) is 11.7. The summed E-state index contributed by atoms with van der Waals surface area (Å²) in [7, 11) is 0. The van der Waals surface area contributed by atoms with E-state index in [0.717, 1.165) is 23.8 Å². The van der Waals surface area contributed by atoms with Crippen molar-refractivity contribution in [2.45, 2.75) is 13.1 Å². The Morgan fingerprint density at radius 3 is 2.60 bits per heavy atom. The summed E-state index contributed by atoms with van der Waals surface area (Å²) in [5.41, 5.74) is -0.164. The van der Waals surface area contributed by atoms with Crippen LogP contribution in [-0.2, 0) is 0 Å². The van der Waals surface area contributed by atoms with E-state index in [0.29, 0.717) is 0 Å². The number of ether oxygens (including phenoxy) is 1. The van der Waals surface area contributed by atoms with Crippen LogP contribution >= 0.6 is 0 Å². The van der Waals surface area contributed by atoms with Crippen LogP contribution in [0.5, 0.6) is 5.75 Å². The number of nitrogens with one attached hydrogen (secondary N) is 1. The number of pyridine rings is 1. The van der Waals surface area contributed by atoms with Crippen LogP contribution in [0, 0.1) is 17.0 Å². The lowest BCUT2D eigenvalue weighted by Gasteiger charge is -2.11. The highest BCUT2D eigenvalue weighted by atomic mass is 19.4. The van der Waals surface area contributed by atoms with Crippen LogP contribution in [0.4, 0.5) is 24.7 Å². The average molecular weight is 355 g/mol. The molecule has 0 fully saturated rings. The van der Waals surface area contributed by atoms with Gasteiger partial charge in [-0.05, 0) is 30.7 Å². The van der Waals surface area contributed by atoms with E-state index in [1.807, 2.05) is 0 Å². The van der Waals surface area contributed by atoms with Gasteiger partial charge in [0.2, 0.25) is 0 Å². The average Bonchev–Trinajstić information content (AvgIpc) is 2.54. The van der Waals surface area contributed by atoms with Gasteiger partial charge in [0.05, 0.1) is 4.92 Å². The molecular weight excluding hydrogens is 343 g/mol. The number of carbonyl (C=O) groups is 1. The Hall–Kier alpha value is -3.17. The highest BCUT2D eigenvalue weighted by molar-refractivity contribution is 6.06. The predicted octanol–water partition coefficient (Wildman–Crippen LogP) is 3.49. The largest absolute Gasteiger partial charge is 0.484 e. The number of nitrogens with zero attached hydrogens (tertiary/aromatic N) is 2. The molecule has 1 heterocycles. The highest BCUT2D eigenvalue weighted by Gasteiger charge is 2.29. The smallest absolute Gasteiger partial charge is 0.422 e.